The van der Waals surface area contributed by atoms with Gasteiger partial charge in [-0.25, -0.2) is 9.78 Å². The maximum absolute atomic E-state index is 12.7. The number of thiol groups is 1. The summed E-state index contributed by atoms with van der Waals surface area (Å²) in [5, 5.41) is 25.7. The highest BCUT2D eigenvalue weighted by atomic mass is 32.1. The summed E-state index contributed by atoms with van der Waals surface area (Å²) in [5.41, 5.74) is 16.9. The lowest BCUT2D eigenvalue weighted by molar-refractivity contribution is -0.141. The summed E-state index contributed by atoms with van der Waals surface area (Å²) >= 11 is 3.88. The Balaban J connectivity index is 2.82. The molecule has 0 aromatic carbocycles. The molecule has 1 aromatic heterocycles. The van der Waals surface area contributed by atoms with Crippen LogP contribution in [0.15, 0.2) is 17.5 Å². The minimum Gasteiger partial charge on any atom is -0.480 e. The van der Waals surface area contributed by atoms with Crippen LogP contribution >= 0.6 is 12.6 Å². The Kier molecular flexibility index (Phi) is 12.4. The average Bonchev–Trinajstić information content (AvgIpc) is 3.29. The number of aliphatic carboxylic acids is 1. The van der Waals surface area contributed by atoms with Crippen LogP contribution in [0.5, 0.6) is 0 Å². The Hall–Kier alpha value is -3.37. The van der Waals surface area contributed by atoms with Gasteiger partial charge in [0.25, 0.3) is 0 Å². The van der Waals surface area contributed by atoms with Crippen molar-refractivity contribution in [2.24, 2.45) is 22.2 Å². The van der Waals surface area contributed by atoms with E-state index in [0.29, 0.717) is 5.69 Å². The van der Waals surface area contributed by atoms with Crippen LogP contribution in [0.4, 0.5) is 0 Å². The summed E-state index contributed by atoms with van der Waals surface area (Å²) < 4.78 is 0. The van der Waals surface area contributed by atoms with Crippen LogP contribution < -0.4 is 33.2 Å². The van der Waals surface area contributed by atoms with Crippen molar-refractivity contribution in [2.45, 2.75) is 43.4 Å². The third-order valence-electron chi connectivity index (χ3n) is 4.52. The van der Waals surface area contributed by atoms with Gasteiger partial charge in [-0.1, -0.05) is 0 Å². The van der Waals surface area contributed by atoms with Gasteiger partial charge in [0.1, 0.15) is 18.1 Å². The predicted molar refractivity (Wildman–Crippen MR) is 125 cm³/mol. The van der Waals surface area contributed by atoms with Crippen LogP contribution in [-0.2, 0) is 25.6 Å². The molecule has 12 N–H and O–H groups in total. The maximum Gasteiger partial charge on any atom is 0.327 e. The molecule has 3 amide bonds. The molecule has 0 saturated heterocycles. The number of aliphatic hydroxyl groups excluding tert-OH is 1. The molecule has 1 heterocycles. The lowest BCUT2D eigenvalue weighted by Crippen LogP contribution is -2.58. The van der Waals surface area contributed by atoms with Crippen molar-refractivity contribution in [1.29, 1.82) is 0 Å². The van der Waals surface area contributed by atoms with Gasteiger partial charge in [-0.15, -0.1) is 0 Å². The highest BCUT2D eigenvalue weighted by Crippen LogP contribution is 2.03. The number of H-pyrrole nitrogens is 1. The second-order valence-corrected chi connectivity index (χ2v) is 7.59. The van der Waals surface area contributed by atoms with Crippen molar-refractivity contribution in [3.8, 4) is 0 Å². The number of nitrogens with zero attached hydrogens (tertiary/aromatic N) is 2. The average molecular weight is 502 g/mol. The fourth-order valence-electron chi connectivity index (χ4n) is 2.70. The smallest absolute Gasteiger partial charge is 0.327 e. The minimum absolute atomic E-state index is 0.0404. The second-order valence-electron chi connectivity index (χ2n) is 7.22. The molecule has 0 saturated carbocycles. The summed E-state index contributed by atoms with van der Waals surface area (Å²) in [6, 6.07) is -4.93. The van der Waals surface area contributed by atoms with Gasteiger partial charge in [-0.3, -0.25) is 19.4 Å². The molecule has 16 heteroatoms. The quantitative estimate of drug-likeness (QED) is 0.0479. The summed E-state index contributed by atoms with van der Waals surface area (Å²) in [6.45, 7) is -0.620. The fourth-order valence-corrected chi connectivity index (χ4v) is 2.95. The molecule has 4 unspecified atom stereocenters. The van der Waals surface area contributed by atoms with Crippen LogP contribution in [-0.4, -0.2) is 92.9 Å². The van der Waals surface area contributed by atoms with Gasteiger partial charge in [-0.05, 0) is 12.8 Å². The zero-order chi connectivity index (χ0) is 25.7. The largest absolute Gasteiger partial charge is 0.480 e. The van der Waals surface area contributed by atoms with Crippen LogP contribution in [0.25, 0.3) is 0 Å². The minimum atomic E-state index is -1.41. The standard InChI is InChI=1S/C18H31N9O6S/c19-10(4-9-5-22-8-24-9)14(29)26-12(6-28)16(31)25-11(2-1-3-23-18(20)21)15(30)27-13(7-34)17(32)33/h5,8,10-13,28,34H,1-4,6-7,19H2,(H,22,24)(H,25,31)(H,26,29)(H,27,30)(H,32,33)(H4,20,21,23). The second kappa shape index (κ2) is 14.7. The van der Waals surface area contributed by atoms with E-state index in [1.165, 1.54) is 12.5 Å². The SMILES string of the molecule is NC(N)=NCCCC(NC(=O)C(CO)NC(=O)C(N)Cc1cnc[nH]1)C(=O)NC(CS)C(=O)O. The first-order valence-electron chi connectivity index (χ1n) is 10.2. The molecule has 0 aliphatic heterocycles. The first kappa shape index (κ1) is 28.7. The number of carbonyl (C=O) groups excluding carboxylic acids is 3. The highest BCUT2D eigenvalue weighted by molar-refractivity contribution is 7.80. The molecule has 1 rings (SSSR count). The van der Waals surface area contributed by atoms with Gasteiger partial charge < -0.3 is 48.3 Å². The number of aliphatic hydroxyl groups is 1. The number of carboxylic acid groups (broad SMARTS) is 1. The molecule has 0 fully saturated rings. The topological polar surface area (TPSA) is 264 Å². The number of hydrogen-bond acceptors (Lipinski definition) is 9. The molecule has 15 nitrogen and oxygen atoms in total. The number of guanidine groups is 1. The number of aromatic amines is 1. The summed E-state index contributed by atoms with van der Waals surface area (Å²) in [4.78, 5) is 59.2. The number of carbonyl (C=O) groups is 4. The Morgan fingerprint density at radius 2 is 1.71 bits per heavy atom. The highest BCUT2D eigenvalue weighted by Gasteiger charge is 2.29. The van der Waals surface area contributed by atoms with Crippen molar-refractivity contribution in [3.05, 3.63) is 18.2 Å². The Bertz CT molecular complexity index is 847. The number of aromatic nitrogens is 2. The van der Waals surface area contributed by atoms with Crippen molar-refractivity contribution in [3.63, 3.8) is 0 Å². The monoisotopic (exact) mass is 501 g/mol. The van der Waals surface area contributed by atoms with Crippen molar-refractivity contribution in [2.75, 3.05) is 18.9 Å². The van der Waals surface area contributed by atoms with E-state index in [2.05, 4.69) is 43.5 Å². The van der Waals surface area contributed by atoms with Crippen molar-refractivity contribution in [1.82, 2.24) is 25.9 Å². The molecule has 0 radical (unpaired) electrons. The molecular weight excluding hydrogens is 470 g/mol. The lowest BCUT2D eigenvalue weighted by Gasteiger charge is -2.24. The third-order valence-corrected chi connectivity index (χ3v) is 4.89. The summed E-state index contributed by atoms with van der Waals surface area (Å²) in [7, 11) is 0. The van der Waals surface area contributed by atoms with E-state index in [-0.39, 0.29) is 37.5 Å². The van der Waals surface area contributed by atoms with E-state index >= 15 is 0 Å². The van der Waals surface area contributed by atoms with E-state index in [4.69, 9.17) is 22.3 Å². The molecule has 1 aromatic rings. The van der Waals surface area contributed by atoms with Crippen LogP contribution in [0.3, 0.4) is 0 Å². The number of aliphatic imine (C=N–C) groups is 1. The van der Waals surface area contributed by atoms with E-state index in [1.807, 2.05) is 0 Å². The number of nitrogens with two attached hydrogens (primary N) is 3. The zero-order valence-corrected chi connectivity index (χ0v) is 19.2. The first-order valence-corrected chi connectivity index (χ1v) is 10.9. The predicted octanol–water partition coefficient (Wildman–Crippen LogP) is -4.21. The zero-order valence-electron chi connectivity index (χ0n) is 18.3. The molecule has 4 atom stereocenters. The van der Waals surface area contributed by atoms with Gasteiger partial charge in [0.2, 0.25) is 17.7 Å². The number of nitrogens with one attached hydrogen (secondary N) is 4. The Morgan fingerprint density at radius 1 is 1.09 bits per heavy atom. The molecule has 190 valence electrons. The molecule has 0 spiro atoms. The van der Waals surface area contributed by atoms with Gasteiger partial charge in [0, 0.05) is 30.6 Å². The van der Waals surface area contributed by atoms with Gasteiger partial charge in [0.05, 0.1) is 19.0 Å². The van der Waals surface area contributed by atoms with E-state index < -0.39 is 54.5 Å². The number of amides is 3. The number of hydrogen-bond donors (Lipinski definition) is 10. The summed E-state index contributed by atoms with van der Waals surface area (Å²) in [5.74, 6) is -4.01. The van der Waals surface area contributed by atoms with Gasteiger partial charge in [-0.2, -0.15) is 12.6 Å². The fraction of sp³-hybridized carbons (Fsp3) is 0.556. The summed E-state index contributed by atoms with van der Waals surface area (Å²) in [6.07, 6.45) is 3.33. The maximum atomic E-state index is 12.7. The number of imidazole rings is 1. The van der Waals surface area contributed by atoms with Crippen LogP contribution in [0, 0.1) is 0 Å². The first-order chi connectivity index (χ1) is 16.1. The van der Waals surface area contributed by atoms with E-state index in [1.54, 1.807) is 0 Å². The number of carboxylic acids is 1. The normalized spacial score (nSPS) is 14.2. The molecule has 0 bridgehead atoms. The molecular formula is C18H31N9O6S. The van der Waals surface area contributed by atoms with E-state index in [9.17, 15) is 24.3 Å². The Morgan fingerprint density at radius 3 is 2.24 bits per heavy atom. The molecule has 0 aliphatic carbocycles. The Labute approximate surface area is 200 Å². The van der Waals surface area contributed by atoms with Crippen LogP contribution in [0.2, 0.25) is 0 Å². The van der Waals surface area contributed by atoms with Crippen molar-refractivity contribution >= 4 is 42.3 Å². The van der Waals surface area contributed by atoms with Gasteiger partial charge in [0.15, 0.2) is 5.96 Å². The lowest BCUT2D eigenvalue weighted by atomic mass is 10.1. The van der Waals surface area contributed by atoms with Crippen molar-refractivity contribution < 1.29 is 29.4 Å². The van der Waals surface area contributed by atoms with E-state index in [0.717, 1.165) is 0 Å². The third kappa shape index (κ3) is 10.1. The van der Waals surface area contributed by atoms with Gasteiger partial charge >= 0.3 is 5.97 Å². The molecule has 34 heavy (non-hydrogen) atoms. The number of rotatable bonds is 15. The molecule has 0 aliphatic rings. The van der Waals surface area contributed by atoms with Crippen LogP contribution in [0.1, 0.15) is 18.5 Å².